The quantitative estimate of drug-likeness (QED) is 0.371. The number of carbonyl (C=O) groups excluding carboxylic acids is 1. The summed E-state index contributed by atoms with van der Waals surface area (Å²) in [4.78, 5) is 29.1. The van der Waals surface area contributed by atoms with Crippen LogP contribution in [0.3, 0.4) is 0 Å². The Labute approximate surface area is 225 Å². The van der Waals surface area contributed by atoms with Crippen LogP contribution in [0.25, 0.3) is 10.8 Å². The van der Waals surface area contributed by atoms with Crippen LogP contribution in [0.4, 0.5) is 4.39 Å². The van der Waals surface area contributed by atoms with Crippen LogP contribution < -0.4 is 5.56 Å². The van der Waals surface area contributed by atoms with Crippen molar-refractivity contribution in [2.24, 2.45) is 5.92 Å². The predicted molar refractivity (Wildman–Crippen MR) is 144 cm³/mol. The van der Waals surface area contributed by atoms with Crippen molar-refractivity contribution in [3.05, 3.63) is 69.0 Å². The molecule has 1 aromatic heterocycles. The first kappa shape index (κ1) is 26.5. The lowest BCUT2D eigenvalue weighted by atomic mass is 9.93. The molecule has 4 N–H and O–H groups in total. The first-order chi connectivity index (χ1) is 18.7. The summed E-state index contributed by atoms with van der Waals surface area (Å²) < 4.78 is 14.6. The number of benzene rings is 2. The second kappa shape index (κ2) is 11.0. The highest BCUT2D eigenvalue weighted by atomic mass is 19.1. The fourth-order valence-corrected chi connectivity index (χ4v) is 4.67. The standard InChI is InChI=1S/C25H25FN4O5.C4H8/c26-18-5-4-15(11-19-17-12-20(31)22(32)23(33)21(17)24(34)28-27-19)10-16(18)25(35)30-8-6-29(7-9-30)13-14-2-1-3-14;1-4-2-3-4/h4-5,10,12-13,31-33H,1-3,6-9,11H2,(H,28,34);4H,2-3H2,1H3. The number of nitrogens with zero attached hydrogens (tertiary/aromatic N) is 3. The van der Waals surface area contributed by atoms with Crippen LogP contribution in [0.5, 0.6) is 17.2 Å². The second-order valence-corrected chi connectivity index (χ2v) is 10.7. The van der Waals surface area contributed by atoms with E-state index in [1.807, 2.05) is 0 Å². The SMILES string of the molecule is CC1CC1.O=C(c1cc(Cc2n[nH]c(=O)c3c(O)c(O)c(O)cc23)ccc1F)N1CCN(C=C2CCC2)CC1. The van der Waals surface area contributed by atoms with Crippen LogP contribution in [0.15, 0.2) is 40.8 Å². The molecule has 2 saturated carbocycles. The minimum absolute atomic E-state index is 0.0506. The van der Waals surface area contributed by atoms with E-state index < -0.39 is 28.6 Å². The number of fused-ring (bicyclic) bond motifs is 1. The van der Waals surface area contributed by atoms with E-state index in [1.165, 1.54) is 43.0 Å². The Bertz CT molecular complexity index is 1480. The number of rotatable bonds is 4. The summed E-state index contributed by atoms with van der Waals surface area (Å²) in [7, 11) is 0. The van der Waals surface area contributed by atoms with E-state index in [-0.39, 0.29) is 34.4 Å². The number of amides is 1. The van der Waals surface area contributed by atoms with E-state index in [0.717, 1.165) is 24.8 Å². The summed E-state index contributed by atoms with van der Waals surface area (Å²) >= 11 is 0. The Morgan fingerprint density at radius 1 is 1.10 bits per heavy atom. The first-order valence-corrected chi connectivity index (χ1v) is 13.4. The van der Waals surface area contributed by atoms with Crippen LogP contribution in [0.2, 0.25) is 0 Å². The van der Waals surface area contributed by atoms with E-state index in [1.54, 1.807) is 4.90 Å². The molecule has 10 heteroatoms. The van der Waals surface area contributed by atoms with E-state index in [0.29, 0.717) is 31.7 Å². The zero-order valence-corrected chi connectivity index (χ0v) is 21.9. The number of H-pyrrole nitrogens is 1. The van der Waals surface area contributed by atoms with E-state index in [4.69, 9.17) is 0 Å². The molecular formula is C29H33FN4O5. The summed E-state index contributed by atoms with van der Waals surface area (Å²) in [6.45, 7) is 4.67. The molecule has 0 bridgehead atoms. The van der Waals surface area contributed by atoms with Gasteiger partial charge in [0.2, 0.25) is 5.75 Å². The fraction of sp³-hybridized carbons (Fsp3) is 0.414. The van der Waals surface area contributed by atoms with E-state index in [2.05, 4.69) is 28.2 Å². The third-order valence-electron chi connectivity index (χ3n) is 7.55. The molecule has 0 unspecified atom stereocenters. The summed E-state index contributed by atoms with van der Waals surface area (Å²) in [5.41, 5.74) is 1.47. The number of hydrogen-bond donors (Lipinski definition) is 4. The summed E-state index contributed by atoms with van der Waals surface area (Å²) in [5.74, 6) is -2.10. The Morgan fingerprint density at radius 3 is 2.41 bits per heavy atom. The Morgan fingerprint density at radius 2 is 1.79 bits per heavy atom. The molecule has 1 aliphatic heterocycles. The number of aromatic amines is 1. The highest BCUT2D eigenvalue weighted by molar-refractivity contribution is 5.95. The van der Waals surface area contributed by atoms with Crippen LogP contribution in [-0.2, 0) is 6.42 Å². The van der Waals surface area contributed by atoms with E-state index >= 15 is 0 Å². The average Bonchev–Trinajstić information content (AvgIpc) is 3.69. The van der Waals surface area contributed by atoms with Gasteiger partial charge in [-0.1, -0.05) is 31.4 Å². The molecule has 9 nitrogen and oxygen atoms in total. The summed E-state index contributed by atoms with van der Waals surface area (Å²) in [6, 6.07) is 5.32. The number of phenolic OH excluding ortho intramolecular Hbond substituents is 3. The normalized spacial score (nSPS) is 16.9. The van der Waals surface area contributed by atoms with Gasteiger partial charge >= 0.3 is 0 Å². The molecule has 1 saturated heterocycles. The molecule has 0 atom stereocenters. The van der Waals surface area contributed by atoms with Crippen molar-refractivity contribution >= 4 is 16.7 Å². The number of halogens is 1. The Hall–Kier alpha value is -4.08. The van der Waals surface area contributed by atoms with Gasteiger partial charge in [0, 0.05) is 38.0 Å². The minimum atomic E-state index is -0.807. The molecule has 2 aliphatic carbocycles. The van der Waals surface area contributed by atoms with Crippen LogP contribution >= 0.6 is 0 Å². The van der Waals surface area contributed by atoms with Crippen molar-refractivity contribution < 1.29 is 24.5 Å². The highest BCUT2D eigenvalue weighted by Gasteiger charge is 2.25. The Kier molecular flexibility index (Phi) is 7.45. The van der Waals surface area contributed by atoms with Gasteiger partial charge in [0.25, 0.3) is 11.5 Å². The predicted octanol–water partition coefficient (Wildman–Crippen LogP) is 4.01. The third-order valence-corrected chi connectivity index (χ3v) is 7.55. The van der Waals surface area contributed by atoms with Gasteiger partial charge in [0.05, 0.1) is 16.6 Å². The Balaban J connectivity index is 0.000000707. The zero-order valence-electron chi connectivity index (χ0n) is 21.9. The largest absolute Gasteiger partial charge is 0.504 e. The van der Waals surface area contributed by atoms with Crippen molar-refractivity contribution in [1.82, 2.24) is 20.0 Å². The third kappa shape index (κ3) is 5.84. The molecule has 39 heavy (non-hydrogen) atoms. The smallest absolute Gasteiger partial charge is 0.275 e. The number of aromatic nitrogens is 2. The number of nitrogens with one attached hydrogen (secondary N) is 1. The molecule has 2 heterocycles. The van der Waals surface area contributed by atoms with Gasteiger partial charge in [-0.25, -0.2) is 9.49 Å². The van der Waals surface area contributed by atoms with E-state index in [9.17, 15) is 29.3 Å². The average molecular weight is 537 g/mol. The number of hydrogen-bond acceptors (Lipinski definition) is 7. The zero-order chi connectivity index (χ0) is 27.7. The maximum Gasteiger partial charge on any atom is 0.275 e. The van der Waals surface area contributed by atoms with Gasteiger partial charge in [-0.05, 0) is 55.1 Å². The van der Waals surface area contributed by atoms with Crippen LogP contribution in [0.1, 0.15) is 60.6 Å². The van der Waals surface area contributed by atoms with Crippen molar-refractivity contribution in [2.75, 3.05) is 26.2 Å². The number of aromatic hydroxyl groups is 3. The number of phenols is 3. The molecule has 3 aromatic rings. The lowest BCUT2D eigenvalue weighted by molar-refractivity contribution is 0.0673. The number of carbonyl (C=O) groups is 1. The highest BCUT2D eigenvalue weighted by Crippen LogP contribution is 2.40. The van der Waals surface area contributed by atoms with Gasteiger partial charge < -0.3 is 25.1 Å². The van der Waals surface area contributed by atoms with Crippen molar-refractivity contribution in [2.45, 2.75) is 45.4 Å². The van der Waals surface area contributed by atoms with Crippen molar-refractivity contribution in [3.8, 4) is 17.2 Å². The maximum absolute atomic E-state index is 14.6. The molecule has 206 valence electrons. The molecule has 6 rings (SSSR count). The van der Waals surface area contributed by atoms with Gasteiger partial charge in [-0.2, -0.15) is 5.10 Å². The molecular weight excluding hydrogens is 503 g/mol. The molecule has 3 fully saturated rings. The lowest BCUT2D eigenvalue weighted by Gasteiger charge is -2.35. The van der Waals surface area contributed by atoms with Crippen LogP contribution in [0, 0.1) is 11.7 Å². The number of allylic oxidation sites excluding steroid dienone is 1. The van der Waals surface area contributed by atoms with Crippen molar-refractivity contribution in [1.29, 1.82) is 0 Å². The van der Waals surface area contributed by atoms with Gasteiger partial charge in [0.1, 0.15) is 5.82 Å². The first-order valence-electron chi connectivity index (χ1n) is 13.4. The topological polar surface area (TPSA) is 130 Å². The summed E-state index contributed by atoms with van der Waals surface area (Å²) in [6.07, 6.45) is 8.74. The van der Waals surface area contributed by atoms with Gasteiger partial charge in [-0.15, -0.1) is 0 Å². The second-order valence-electron chi connectivity index (χ2n) is 10.7. The fourth-order valence-electron chi connectivity index (χ4n) is 4.67. The molecule has 2 aromatic carbocycles. The number of piperazine rings is 1. The minimum Gasteiger partial charge on any atom is -0.504 e. The molecule has 3 aliphatic rings. The molecule has 0 spiro atoms. The monoisotopic (exact) mass is 536 g/mol. The molecule has 1 amide bonds. The van der Waals surface area contributed by atoms with Crippen LogP contribution in [-0.4, -0.2) is 67.4 Å². The van der Waals surface area contributed by atoms with Gasteiger partial charge in [0.15, 0.2) is 11.5 Å². The summed E-state index contributed by atoms with van der Waals surface area (Å²) in [5, 5.41) is 36.0. The van der Waals surface area contributed by atoms with Gasteiger partial charge in [-0.3, -0.25) is 9.59 Å². The maximum atomic E-state index is 14.6. The molecule has 0 radical (unpaired) electrons. The lowest BCUT2D eigenvalue weighted by Crippen LogP contribution is -2.47. The van der Waals surface area contributed by atoms with Crippen molar-refractivity contribution in [3.63, 3.8) is 0 Å².